The lowest BCUT2D eigenvalue weighted by Gasteiger charge is -2.37. The highest BCUT2D eigenvalue weighted by Crippen LogP contribution is 2.53. The highest BCUT2D eigenvalue weighted by atomic mass is 32.2. The number of hydrogen-bond donors (Lipinski definition) is 1. The van der Waals surface area contributed by atoms with Crippen molar-refractivity contribution in [3.63, 3.8) is 0 Å². The van der Waals surface area contributed by atoms with Gasteiger partial charge in [-0.3, -0.25) is 0 Å². The van der Waals surface area contributed by atoms with Gasteiger partial charge in [-0.1, -0.05) is 12.1 Å². The fourth-order valence-electron chi connectivity index (χ4n) is 1.64. The highest BCUT2D eigenvalue weighted by Gasteiger charge is 2.82. The maximum absolute atomic E-state index is 13.9. The van der Waals surface area contributed by atoms with Crippen molar-refractivity contribution >= 4 is 15.5 Å². The third-order valence-electron chi connectivity index (χ3n) is 2.97. The lowest BCUT2D eigenvalue weighted by atomic mass is 10.1. The van der Waals surface area contributed by atoms with Gasteiger partial charge in [0, 0.05) is 0 Å². The molecule has 0 bridgehead atoms. The number of para-hydroxylation sites is 1. The molecule has 0 aliphatic heterocycles. The topological polar surface area (TPSA) is 46.2 Å². The molecule has 1 rings (SSSR count). The second-order valence-electron chi connectivity index (χ2n) is 4.80. The van der Waals surface area contributed by atoms with Crippen LogP contribution in [0.15, 0.2) is 29.2 Å². The number of halogens is 12. The van der Waals surface area contributed by atoms with E-state index in [1.165, 1.54) is 0 Å². The molecule has 1 atom stereocenters. The number of rotatable bonds is 4. The SMILES string of the molecule is O=S(=O)(c1ccccc1NC(F)(C(F)(F)F)C(F)(F)C(F)(F)F)C(F)(F)F. The Bertz CT molecular complexity index is 795. The Kier molecular flexibility index (Phi) is 5.44. The predicted octanol–water partition coefficient (Wildman–Crippen LogP) is 4.82. The van der Waals surface area contributed by atoms with E-state index in [1.54, 1.807) is 0 Å². The summed E-state index contributed by atoms with van der Waals surface area (Å²) in [6.45, 7) is 0. The normalized spacial score (nSPS) is 16.7. The van der Waals surface area contributed by atoms with Crippen LogP contribution in [-0.4, -0.2) is 38.0 Å². The van der Waals surface area contributed by atoms with Gasteiger partial charge in [-0.2, -0.15) is 48.3 Å². The second-order valence-corrected chi connectivity index (χ2v) is 6.71. The first kappa shape index (κ1) is 23.2. The van der Waals surface area contributed by atoms with Crippen LogP contribution < -0.4 is 5.32 Å². The van der Waals surface area contributed by atoms with Gasteiger partial charge in [-0.05, 0) is 12.1 Å². The monoisotopic (exact) mass is 443 g/mol. The van der Waals surface area contributed by atoms with E-state index in [9.17, 15) is 61.1 Å². The van der Waals surface area contributed by atoms with Crippen molar-refractivity contribution in [2.24, 2.45) is 0 Å². The molecular weight excluding hydrogens is 438 g/mol. The molecule has 27 heavy (non-hydrogen) atoms. The zero-order chi connectivity index (χ0) is 21.7. The van der Waals surface area contributed by atoms with Gasteiger partial charge >= 0.3 is 29.6 Å². The van der Waals surface area contributed by atoms with E-state index in [0.29, 0.717) is 12.1 Å². The van der Waals surface area contributed by atoms with Crippen LogP contribution in [0.1, 0.15) is 0 Å². The minimum absolute atomic E-state index is 0.0504. The summed E-state index contributed by atoms with van der Waals surface area (Å²) in [7, 11) is -6.53. The Morgan fingerprint density at radius 3 is 1.52 bits per heavy atom. The molecule has 1 unspecified atom stereocenters. The zero-order valence-corrected chi connectivity index (χ0v) is 12.9. The van der Waals surface area contributed by atoms with Crippen molar-refractivity contribution in [3.05, 3.63) is 24.3 Å². The fraction of sp³-hybridized carbons (Fsp3) is 0.455. The molecule has 0 saturated carbocycles. The molecule has 0 radical (unpaired) electrons. The molecule has 0 aromatic heterocycles. The largest absolute Gasteiger partial charge is 0.501 e. The standard InChI is InChI=1S/C11H5F12NO2S/c12-7(13,9(15,16)17)8(14,10(18,19)20)24-5-3-1-2-4-6(5)27(25,26)11(21,22)23/h1-4,24H. The second kappa shape index (κ2) is 6.34. The van der Waals surface area contributed by atoms with Crippen molar-refractivity contribution < 1.29 is 61.1 Å². The van der Waals surface area contributed by atoms with Crippen LogP contribution in [0.2, 0.25) is 0 Å². The van der Waals surface area contributed by atoms with Gasteiger partial charge in [0.05, 0.1) is 10.6 Å². The van der Waals surface area contributed by atoms with Gasteiger partial charge in [0.2, 0.25) is 0 Å². The number of nitrogens with one attached hydrogen (secondary N) is 1. The Hall–Kier alpha value is -1.87. The molecule has 1 aromatic rings. The quantitative estimate of drug-likeness (QED) is 0.537. The maximum Gasteiger partial charge on any atom is 0.501 e. The summed E-state index contributed by atoms with van der Waals surface area (Å²) in [4.78, 5) is -2.19. The first-order valence-electron chi connectivity index (χ1n) is 6.09. The molecule has 0 saturated heterocycles. The van der Waals surface area contributed by atoms with Gasteiger partial charge in [0.25, 0.3) is 9.84 Å². The Labute approximate surface area is 141 Å². The molecule has 3 nitrogen and oxygen atoms in total. The van der Waals surface area contributed by atoms with Gasteiger partial charge < -0.3 is 5.32 Å². The summed E-state index contributed by atoms with van der Waals surface area (Å²) in [6.07, 6.45) is -14.2. The van der Waals surface area contributed by atoms with Crippen LogP contribution in [0.25, 0.3) is 0 Å². The average molecular weight is 443 g/mol. The maximum atomic E-state index is 13.9. The molecule has 1 aromatic carbocycles. The first-order valence-corrected chi connectivity index (χ1v) is 7.57. The number of benzene rings is 1. The van der Waals surface area contributed by atoms with E-state index in [2.05, 4.69) is 0 Å². The molecule has 0 spiro atoms. The van der Waals surface area contributed by atoms with Crippen LogP contribution in [0.3, 0.4) is 0 Å². The third kappa shape index (κ3) is 3.75. The summed E-state index contributed by atoms with van der Waals surface area (Å²) < 4.78 is 175. The van der Waals surface area contributed by atoms with Crippen LogP contribution >= 0.6 is 0 Å². The van der Waals surface area contributed by atoms with Gasteiger partial charge in [-0.25, -0.2) is 12.8 Å². The summed E-state index contributed by atoms with van der Waals surface area (Å²) in [5.41, 5.74) is -8.28. The Morgan fingerprint density at radius 1 is 0.704 bits per heavy atom. The van der Waals surface area contributed by atoms with Crippen molar-refractivity contribution in [2.45, 2.75) is 34.5 Å². The number of hydrogen-bond acceptors (Lipinski definition) is 3. The van der Waals surface area contributed by atoms with Crippen molar-refractivity contribution in [2.75, 3.05) is 5.32 Å². The van der Waals surface area contributed by atoms with E-state index >= 15 is 0 Å². The van der Waals surface area contributed by atoms with Crippen molar-refractivity contribution in [3.8, 4) is 0 Å². The van der Waals surface area contributed by atoms with Crippen molar-refractivity contribution in [1.29, 1.82) is 0 Å². The molecule has 0 fully saturated rings. The van der Waals surface area contributed by atoms with Crippen molar-refractivity contribution in [1.82, 2.24) is 0 Å². The average Bonchev–Trinajstić information content (AvgIpc) is 2.43. The van der Waals surface area contributed by atoms with Gasteiger partial charge in [0.1, 0.15) is 0 Å². The fourth-order valence-corrected chi connectivity index (χ4v) is 2.55. The van der Waals surface area contributed by atoms with Gasteiger partial charge in [-0.15, -0.1) is 0 Å². The molecular formula is C11H5F12NO2S. The molecule has 0 aliphatic carbocycles. The number of alkyl halides is 12. The predicted molar refractivity (Wildman–Crippen MR) is 64.2 cm³/mol. The molecule has 16 heteroatoms. The lowest BCUT2D eigenvalue weighted by molar-refractivity contribution is -0.375. The molecule has 0 aliphatic rings. The number of sulfone groups is 1. The molecule has 156 valence electrons. The van der Waals surface area contributed by atoms with Crippen LogP contribution in [0.4, 0.5) is 58.4 Å². The minimum Gasteiger partial charge on any atom is -0.339 e. The van der Waals surface area contributed by atoms with E-state index in [-0.39, 0.29) is 17.4 Å². The third-order valence-corrected chi connectivity index (χ3v) is 4.51. The highest BCUT2D eigenvalue weighted by molar-refractivity contribution is 7.92. The summed E-state index contributed by atoms with van der Waals surface area (Å²) in [6, 6.07) is 0.846. The van der Waals surface area contributed by atoms with Gasteiger partial charge in [0.15, 0.2) is 0 Å². The minimum atomic E-state index is -7.20. The lowest BCUT2D eigenvalue weighted by Crippen LogP contribution is -2.66. The Balaban J connectivity index is 3.70. The molecule has 1 N–H and O–H groups in total. The zero-order valence-electron chi connectivity index (χ0n) is 12.1. The van der Waals surface area contributed by atoms with E-state index in [4.69, 9.17) is 0 Å². The van der Waals surface area contributed by atoms with E-state index < -0.39 is 50.0 Å². The summed E-state index contributed by atoms with van der Waals surface area (Å²) in [5, 5.41) is -0.0519. The molecule has 0 heterocycles. The van der Waals surface area contributed by atoms with Crippen LogP contribution in [0.5, 0.6) is 0 Å². The summed E-state index contributed by atoms with van der Waals surface area (Å²) >= 11 is 0. The van der Waals surface area contributed by atoms with Crippen LogP contribution in [-0.2, 0) is 9.84 Å². The first-order chi connectivity index (χ1) is 11.7. The smallest absolute Gasteiger partial charge is 0.339 e. The number of anilines is 1. The Morgan fingerprint density at radius 2 is 1.15 bits per heavy atom. The van der Waals surface area contributed by atoms with E-state index in [1.807, 2.05) is 0 Å². The van der Waals surface area contributed by atoms with E-state index in [0.717, 1.165) is 0 Å². The molecule has 0 amide bonds. The summed E-state index contributed by atoms with van der Waals surface area (Å²) in [5.74, 6) is -13.9. The van der Waals surface area contributed by atoms with Crippen LogP contribution in [0, 0.1) is 0 Å².